The standard InChI is InChI=1S/C14H25N5/c1-5-15-8-12-6-7-14(17-16-12)19-9-11(2)13(10-19)18(3)4/h6-7,11,13,15H,5,8-10H2,1-4H3. The van der Waals surface area contributed by atoms with E-state index in [1.54, 1.807) is 0 Å². The summed E-state index contributed by atoms with van der Waals surface area (Å²) in [5.41, 5.74) is 1.00. The van der Waals surface area contributed by atoms with Crippen LogP contribution in [0.25, 0.3) is 0 Å². The Bertz CT molecular complexity index is 389. The van der Waals surface area contributed by atoms with Crippen LogP contribution in [0.15, 0.2) is 12.1 Å². The Morgan fingerprint density at radius 2 is 2.11 bits per heavy atom. The van der Waals surface area contributed by atoms with Gasteiger partial charge in [-0.25, -0.2) is 0 Å². The fourth-order valence-electron chi connectivity index (χ4n) is 2.68. The second kappa shape index (κ2) is 6.30. The predicted octanol–water partition coefficient (Wildman–Crippen LogP) is 0.972. The van der Waals surface area contributed by atoms with Crippen LogP contribution in [0.2, 0.25) is 0 Å². The van der Waals surface area contributed by atoms with Crippen molar-refractivity contribution in [2.75, 3.05) is 38.6 Å². The summed E-state index contributed by atoms with van der Waals surface area (Å²) in [5, 5.41) is 11.9. The molecule has 0 spiro atoms. The molecule has 2 atom stereocenters. The van der Waals surface area contributed by atoms with Crippen LogP contribution in [0.5, 0.6) is 0 Å². The van der Waals surface area contributed by atoms with Crippen molar-refractivity contribution in [2.45, 2.75) is 26.4 Å². The molecule has 1 N–H and O–H groups in total. The van der Waals surface area contributed by atoms with Crippen LogP contribution in [-0.2, 0) is 6.54 Å². The fraction of sp³-hybridized carbons (Fsp3) is 0.714. The molecule has 0 aliphatic carbocycles. The molecule has 2 heterocycles. The zero-order chi connectivity index (χ0) is 13.8. The molecule has 106 valence electrons. The number of aromatic nitrogens is 2. The normalized spacial score (nSPS) is 23.3. The minimum Gasteiger partial charge on any atom is -0.353 e. The summed E-state index contributed by atoms with van der Waals surface area (Å²) in [6.07, 6.45) is 0. The molecule has 2 rings (SSSR count). The third-order valence-corrected chi connectivity index (χ3v) is 3.82. The number of nitrogens with zero attached hydrogens (tertiary/aromatic N) is 4. The Labute approximate surface area is 116 Å². The van der Waals surface area contributed by atoms with Crippen molar-refractivity contribution in [2.24, 2.45) is 5.92 Å². The van der Waals surface area contributed by atoms with Gasteiger partial charge < -0.3 is 15.1 Å². The third-order valence-electron chi connectivity index (χ3n) is 3.82. The first-order valence-electron chi connectivity index (χ1n) is 7.06. The largest absolute Gasteiger partial charge is 0.353 e. The van der Waals surface area contributed by atoms with Crippen molar-refractivity contribution >= 4 is 5.82 Å². The number of hydrogen-bond acceptors (Lipinski definition) is 5. The van der Waals surface area contributed by atoms with E-state index < -0.39 is 0 Å². The van der Waals surface area contributed by atoms with E-state index in [1.807, 2.05) is 0 Å². The van der Waals surface area contributed by atoms with Crippen LogP contribution < -0.4 is 10.2 Å². The fourth-order valence-corrected chi connectivity index (χ4v) is 2.68. The van der Waals surface area contributed by atoms with E-state index in [4.69, 9.17) is 0 Å². The zero-order valence-electron chi connectivity index (χ0n) is 12.4. The molecule has 0 aromatic carbocycles. The second-order valence-electron chi connectivity index (χ2n) is 5.58. The molecule has 1 aromatic heterocycles. The highest BCUT2D eigenvalue weighted by Crippen LogP contribution is 2.24. The molecular weight excluding hydrogens is 238 g/mol. The summed E-state index contributed by atoms with van der Waals surface area (Å²) in [5.74, 6) is 1.66. The Hall–Kier alpha value is -1.20. The number of likely N-dealkylation sites (N-methyl/N-ethyl adjacent to an activating group) is 1. The first-order valence-corrected chi connectivity index (χ1v) is 7.06. The van der Waals surface area contributed by atoms with Gasteiger partial charge in [-0.2, -0.15) is 5.10 Å². The van der Waals surface area contributed by atoms with Crippen LogP contribution in [0, 0.1) is 5.92 Å². The molecule has 5 heteroatoms. The lowest BCUT2D eigenvalue weighted by Gasteiger charge is -2.22. The summed E-state index contributed by atoms with van der Waals surface area (Å²) >= 11 is 0. The van der Waals surface area contributed by atoms with Crippen molar-refractivity contribution in [1.29, 1.82) is 0 Å². The number of anilines is 1. The Balaban J connectivity index is 1.99. The maximum Gasteiger partial charge on any atom is 0.151 e. The van der Waals surface area contributed by atoms with Gasteiger partial charge in [0.25, 0.3) is 0 Å². The number of rotatable bonds is 5. The van der Waals surface area contributed by atoms with E-state index in [9.17, 15) is 0 Å². The first-order chi connectivity index (χ1) is 9.11. The third kappa shape index (κ3) is 3.42. The molecule has 1 aliphatic heterocycles. The van der Waals surface area contributed by atoms with Crippen molar-refractivity contribution in [3.63, 3.8) is 0 Å². The minimum absolute atomic E-state index is 0.600. The average Bonchev–Trinajstić information content (AvgIpc) is 2.79. The van der Waals surface area contributed by atoms with Gasteiger partial charge >= 0.3 is 0 Å². The van der Waals surface area contributed by atoms with Crippen molar-refractivity contribution in [3.05, 3.63) is 17.8 Å². The van der Waals surface area contributed by atoms with Gasteiger partial charge in [-0.15, -0.1) is 5.10 Å². The molecule has 2 unspecified atom stereocenters. The van der Waals surface area contributed by atoms with Crippen molar-refractivity contribution in [1.82, 2.24) is 20.4 Å². The average molecular weight is 263 g/mol. The maximum absolute atomic E-state index is 4.36. The summed E-state index contributed by atoms with van der Waals surface area (Å²) in [6, 6.07) is 4.76. The topological polar surface area (TPSA) is 44.3 Å². The summed E-state index contributed by atoms with van der Waals surface area (Å²) in [6.45, 7) is 8.24. The first kappa shape index (κ1) is 14.2. The molecule has 0 amide bonds. The molecule has 0 bridgehead atoms. The van der Waals surface area contributed by atoms with Crippen molar-refractivity contribution < 1.29 is 0 Å². The monoisotopic (exact) mass is 263 g/mol. The Morgan fingerprint density at radius 1 is 1.32 bits per heavy atom. The van der Waals surface area contributed by atoms with Gasteiger partial charge in [0, 0.05) is 25.7 Å². The highest BCUT2D eigenvalue weighted by Gasteiger charge is 2.31. The van der Waals surface area contributed by atoms with E-state index in [0.717, 1.165) is 37.7 Å². The molecule has 1 fully saturated rings. The summed E-state index contributed by atoms with van der Waals surface area (Å²) in [4.78, 5) is 4.64. The lowest BCUT2D eigenvalue weighted by Crippen LogP contribution is -2.34. The van der Waals surface area contributed by atoms with Crippen LogP contribution >= 0.6 is 0 Å². The van der Waals surface area contributed by atoms with Gasteiger partial charge in [0.2, 0.25) is 0 Å². The van der Waals surface area contributed by atoms with Crippen LogP contribution in [0.1, 0.15) is 19.5 Å². The lowest BCUT2D eigenvalue weighted by atomic mass is 10.1. The SMILES string of the molecule is CCNCc1ccc(N2CC(C)C(N(C)C)C2)nn1. The molecule has 0 saturated carbocycles. The van der Waals surface area contributed by atoms with E-state index in [2.05, 4.69) is 65.4 Å². The van der Waals surface area contributed by atoms with E-state index in [1.165, 1.54) is 0 Å². The van der Waals surface area contributed by atoms with Gasteiger partial charge in [-0.3, -0.25) is 0 Å². The Kier molecular flexibility index (Phi) is 4.71. The van der Waals surface area contributed by atoms with E-state index in [0.29, 0.717) is 12.0 Å². The highest BCUT2D eigenvalue weighted by molar-refractivity contribution is 5.39. The van der Waals surface area contributed by atoms with Gasteiger partial charge in [-0.05, 0) is 38.7 Å². The van der Waals surface area contributed by atoms with Gasteiger partial charge in [0.1, 0.15) is 0 Å². The highest BCUT2D eigenvalue weighted by atomic mass is 15.3. The molecule has 1 aromatic rings. The molecule has 1 saturated heterocycles. The number of hydrogen-bond donors (Lipinski definition) is 1. The molecule has 1 aliphatic rings. The minimum atomic E-state index is 0.600. The maximum atomic E-state index is 4.36. The predicted molar refractivity (Wildman–Crippen MR) is 78.3 cm³/mol. The van der Waals surface area contributed by atoms with Crippen LogP contribution in [0.3, 0.4) is 0 Å². The smallest absolute Gasteiger partial charge is 0.151 e. The van der Waals surface area contributed by atoms with E-state index >= 15 is 0 Å². The van der Waals surface area contributed by atoms with E-state index in [-0.39, 0.29) is 0 Å². The second-order valence-corrected chi connectivity index (χ2v) is 5.58. The van der Waals surface area contributed by atoms with Gasteiger partial charge in [-0.1, -0.05) is 13.8 Å². The molecular formula is C14H25N5. The zero-order valence-corrected chi connectivity index (χ0v) is 12.4. The molecule has 5 nitrogen and oxygen atoms in total. The number of nitrogens with one attached hydrogen (secondary N) is 1. The Morgan fingerprint density at radius 3 is 2.63 bits per heavy atom. The van der Waals surface area contributed by atoms with Crippen LogP contribution in [0.4, 0.5) is 5.82 Å². The molecule has 19 heavy (non-hydrogen) atoms. The summed E-state index contributed by atoms with van der Waals surface area (Å²) in [7, 11) is 4.30. The molecule has 0 radical (unpaired) electrons. The van der Waals surface area contributed by atoms with Gasteiger partial charge in [0.05, 0.1) is 5.69 Å². The quantitative estimate of drug-likeness (QED) is 0.857. The lowest BCUT2D eigenvalue weighted by molar-refractivity contribution is 0.266. The van der Waals surface area contributed by atoms with Gasteiger partial charge in [0.15, 0.2) is 5.82 Å². The summed E-state index contributed by atoms with van der Waals surface area (Å²) < 4.78 is 0. The van der Waals surface area contributed by atoms with Crippen molar-refractivity contribution in [3.8, 4) is 0 Å². The van der Waals surface area contributed by atoms with Crippen LogP contribution in [-0.4, -0.2) is 54.9 Å².